The second-order valence-corrected chi connectivity index (χ2v) is 3.89. The second-order valence-electron chi connectivity index (χ2n) is 2.46. The summed E-state index contributed by atoms with van der Waals surface area (Å²) in [6, 6.07) is 2.15. The molecule has 64 valence electrons. The molecular weight excluding hydrogens is 170 g/mol. The van der Waals surface area contributed by atoms with Gasteiger partial charge in [-0.05, 0) is 20.8 Å². The van der Waals surface area contributed by atoms with E-state index in [0.717, 1.165) is 15.5 Å². The van der Waals surface area contributed by atoms with E-state index in [1.165, 1.54) is 0 Å². The summed E-state index contributed by atoms with van der Waals surface area (Å²) >= 11 is 1.61. The molecule has 1 heterocycles. The highest BCUT2D eigenvalue weighted by molar-refractivity contribution is 7.12. The molecule has 0 saturated carbocycles. The van der Waals surface area contributed by atoms with Gasteiger partial charge in [-0.2, -0.15) is 5.26 Å². The summed E-state index contributed by atoms with van der Waals surface area (Å²) in [5.74, 6) is 0.766. The zero-order valence-electron chi connectivity index (χ0n) is 7.47. The molecule has 1 rings (SSSR count). The minimum Gasteiger partial charge on any atom is -0.491 e. The largest absolute Gasteiger partial charge is 0.491 e. The van der Waals surface area contributed by atoms with Crippen LogP contribution in [0.15, 0.2) is 0 Å². The van der Waals surface area contributed by atoms with Crippen LogP contribution < -0.4 is 4.74 Å². The number of ether oxygens (including phenoxy) is 1. The first-order chi connectivity index (χ1) is 5.70. The van der Waals surface area contributed by atoms with Crippen LogP contribution in [-0.4, -0.2) is 6.61 Å². The summed E-state index contributed by atoms with van der Waals surface area (Å²) in [6.45, 7) is 6.46. The highest BCUT2D eigenvalue weighted by Gasteiger charge is 2.12. The Bertz CT molecular complexity index is 322. The lowest BCUT2D eigenvalue weighted by atomic mass is 10.2. The number of thiophene rings is 1. The van der Waals surface area contributed by atoms with Gasteiger partial charge in [-0.3, -0.25) is 0 Å². The highest BCUT2D eigenvalue weighted by Crippen LogP contribution is 2.33. The van der Waals surface area contributed by atoms with Crippen LogP contribution >= 0.6 is 11.3 Å². The normalized spacial score (nSPS) is 9.50. The van der Waals surface area contributed by atoms with Crippen molar-refractivity contribution >= 4 is 11.3 Å². The van der Waals surface area contributed by atoms with Gasteiger partial charge in [-0.25, -0.2) is 0 Å². The molecule has 1 aromatic heterocycles. The molecule has 3 heteroatoms. The SMILES string of the molecule is CCOc1c(C)sc(C)c1C#N. The molecule has 0 radical (unpaired) electrons. The van der Waals surface area contributed by atoms with E-state index in [0.29, 0.717) is 12.2 Å². The Morgan fingerprint density at radius 3 is 2.58 bits per heavy atom. The topological polar surface area (TPSA) is 33.0 Å². The lowest BCUT2D eigenvalue weighted by Crippen LogP contribution is -1.93. The maximum atomic E-state index is 8.82. The average Bonchev–Trinajstić information content (AvgIpc) is 2.28. The minimum atomic E-state index is 0.617. The molecular formula is C9H11NOS. The van der Waals surface area contributed by atoms with Gasteiger partial charge >= 0.3 is 0 Å². The number of aryl methyl sites for hydroxylation is 2. The van der Waals surface area contributed by atoms with Gasteiger partial charge < -0.3 is 4.74 Å². The molecule has 0 aliphatic heterocycles. The van der Waals surface area contributed by atoms with Crippen molar-refractivity contribution in [2.24, 2.45) is 0 Å². The minimum absolute atomic E-state index is 0.617. The van der Waals surface area contributed by atoms with Gasteiger partial charge in [0.25, 0.3) is 0 Å². The molecule has 2 nitrogen and oxygen atoms in total. The highest BCUT2D eigenvalue weighted by atomic mass is 32.1. The van der Waals surface area contributed by atoms with E-state index in [1.807, 2.05) is 20.8 Å². The molecule has 0 aromatic carbocycles. The van der Waals surface area contributed by atoms with E-state index in [1.54, 1.807) is 11.3 Å². The van der Waals surface area contributed by atoms with Gasteiger partial charge in [-0.15, -0.1) is 11.3 Å². The van der Waals surface area contributed by atoms with Crippen molar-refractivity contribution in [3.63, 3.8) is 0 Å². The third kappa shape index (κ3) is 1.44. The first-order valence-electron chi connectivity index (χ1n) is 3.83. The van der Waals surface area contributed by atoms with Gasteiger partial charge in [0.1, 0.15) is 11.6 Å². The average molecular weight is 181 g/mol. The number of nitrogens with zero attached hydrogens (tertiary/aromatic N) is 1. The summed E-state index contributed by atoms with van der Waals surface area (Å²) in [4.78, 5) is 2.13. The molecule has 0 atom stereocenters. The van der Waals surface area contributed by atoms with E-state index in [4.69, 9.17) is 10.00 Å². The molecule has 1 aromatic rings. The lowest BCUT2D eigenvalue weighted by Gasteiger charge is -2.01. The third-order valence-corrected chi connectivity index (χ3v) is 2.61. The van der Waals surface area contributed by atoms with E-state index in [-0.39, 0.29) is 0 Å². The van der Waals surface area contributed by atoms with Gasteiger partial charge in [0.15, 0.2) is 5.75 Å². The first kappa shape index (κ1) is 9.08. The molecule has 0 saturated heterocycles. The van der Waals surface area contributed by atoms with E-state index in [2.05, 4.69) is 6.07 Å². The van der Waals surface area contributed by atoms with Crippen LogP contribution in [0.4, 0.5) is 0 Å². The lowest BCUT2D eigenvalue weighted by molar-refractivity contribution is 0.338. The Hall–Kier alpha value is -1.01. The predicted molar refractivity (Wildman–Crippen MR) is 49.7 cm³/mol. The quantitative estimate of drug-likeness (QED) is 0.702. The Balaban J connectivity index is 3.16. The summed E-state index contributed by atoms with van der Waals surface area (Å²) in [6.07, 6.45) is 0. The van der Waals surface area contributed by atoms with Crippen LogP contribution in [0.2, 0.25) is 0 Å². The number of rotatable bonds is 2. The molecule has 12 heavy (non-hydrogen) atoms. The van der Waals surface area contributed by atoms with Gasteiger partial charge in [0.05, 0.1) is 6.61 Å². The Kier molecular flexibility index (Phi) is 2.72. The van der Waals surface area contributed by atoms with Crippen molar-refractivity contribution in [2.45, 2.75) is 20.8 Å². The fourth-order valence-electron chi connectivity index (χ4n) is 1.11. The van der Waals surface area contributed by atoms with Crippen LogP contribution in [0.3, 0.4) is 0 Å². The van der Waals surface area contributed by atoms with Gasteiger partial charge in [0, 0.05) is 9.75 Å². The second kappa shape index (κ2) is 3.59. The van der Waals surface area contributed by atoms with Crippen LogP contribution in [0, 0.1) is 25.2 Å². The van der Waals surface area contributed by atoms with Crippen LogP contribution in [0.1, 0.15) is 22.2 Å². The van der Waals surface area contributed by atoms with Crippen molar-refractivity contribution < 1.29 is 4.74 Å². The van der Waals surface area contributed by atoms with Crippen molar-refractivity contribution in [1.29, 1.82) is 5.26 Å². The fraction of sp³-hybridized carbons (Fsp3) is 0.444. The fourth-order valence-corrected chi connectivity index (χ4v) is 2.06. The molecule has 0 unspecified atom stereocenters. The van der Waals surface area contributed by atoms with E-state index < -0.39 is 0 Å². The molecule has 0 amide bonds. The van der Waals surface area contributed by atoms with Gasteiger partial charge in [0.2, 0.25) is 0 Å². The molecule has 0 aliphatic carbocycles. The summed E-state index contributed by atoms with van der Waals surface area (Å²) in [7, 11) is 0. The predicted octanol–water partition coefficient (Wildman–Crippen LogP) is 2.64. The monoisotopic (exact) mass is 181 g/mol. The van der Waals surface area contributed by atoms with Crippen LogP contribution in [0.5, 0.6) is 5.75 Å². The van der Waals surface area contributed by atoms with Crippen LogP contribution in [-0.2, 0) is 0 Å². The van der Waals surface area contributed by atoms with Crippen molar-refractivity contribution in [1.82, 2.24) is 0 Å². The number of hydrogen-bond donors (Lipinski definition) is 0. The maximum absolute atomic E-state index is 8.82. The molecule has 0 bridgehead atoms. The Morgan fingerprint density at radius 1 is 1.42 bits per heavy atom. The van der Waals surface area contributed by atoms with Gasteiger partial charge in [-0.1, -0.05) is 0 Å². The number of hydrogen-bond acceptors (Lipinski definition) is 3. The van der Waals surface area contributed by atoms with E-state index >= 15 is 0 Å². The molecule has 0 aliphatic rings. The van der Waals surface area contributed by atoms with Crippen molar-refractivity contribution in [2.75, 3.05) is 6.61 Å². The maximum Gasteiger partial charge on any atom is 0.150 e. The zero-order chi connectivity index (χ0) is 9.14. The molecule has 0 N–H and O–H groups in total. The third-order valence-electron chi connectivity index (χ3n) is 1.61. The summed E-state index contributed by atoms with van der Waals surface area (Å²) in [5.41, 5.74) is 0.694. The number of nitriles is 1. The smallest absolute Gasteiger partial charge is 0.150 e. The summed E-state index contributed by atoms with van der Waals surface area (Å²) in [5, 5.41) is 8.82. The Morgan fingerprint density at radius 2 is 2.08 bits per heavy atom. The van der Waals surface area contributed by atoms with Crippen molar-refractivity contribution in [3.8, 4) is 11.8 Å². The van der Waals surface area contributed by atoms with Crippen molar-refractivity contribution in [3.05, 3.63) is 15.3 Å². The van der Waals surface area contributed by atoms with Crippen LogP contribution in [0.25, 0.3) is 0 Å². The molecule has 0 spiro atoms. The summed E-state index contributed by atoms with van der Waals surface area (Å²) < 4.78 is 5.37. The Labute approximate surface area is 76.4 Å². The zero-order valence-corrected chi connectivity index (χ0v) is 8.29. The van der Waals surface area contributed by atoms with E-state index in [9.17, 15) is 0 Å². The standard InChI is InChI=1S/C9H11NOS/c1-4-11-9-7(3)12-6(2)8(9)5-10/h4H2,1-3H3. The first-order valence-corrected chi connectivity index (χ1v) is 4.65. The molecule has 0 fully saturated rings.